The molecule has 0 aromatic carbocycles. The van der Waals surface area contributed by atoms with Crippen LogP contribution in [0.15, 0.2) is 12.2 Å². The molecule has 2 atom stereocenters. The number of alkyl halides is 2. The molecule has 1 aliphatic carbocycles. The number of hydrogen-bond acceptors (Lipinski definition) is 1. The van der Waals surface area contributed by atoms with Gasteiger partial charge in [-0.3, -0.25) is 0 Å². The molecule has 88 valence electrons. The van der Waals surface area contributed by atoms with Gasteiger partial charge in [-0.2, -0.15) is 0 Å². The summed E-state index contributed by atoms with van der Waals surface area (Å²) in [5.41, 5.74) is -1.76. The van der Waals surface area contributed by atoms with Crippen molar-refractivity contribution in [2.75, 3.05) is 0 Å². The molecule has 1 N–H and O–H groups in total. The molecule has 0 saturated carbocycles. The van der Waals surface area contributed by atoms with Crippen LogP contribution in [0.2, 0.25) is 0 Å². The second-order valence-corrected chi connectivity index (χ2v) is 5.14. The van der Waals surface area contributed by atoms with Crippen LogP contribution in [0.5, 0.6) is 0 Å². The molecule has 0 aromatic rings. The maximum absolute atomic E-state index is 12.5. The molecule has 2 unspecified atom stereocenters. The summed E-state index contributed by atoms with van der Waals surface area (Å²) >= 11 is 0. The minimum Gasteiger partial charge on any atom is -0.380 e. The lowest BCUT2D eigenvalue weighted by Crippen LogP contribution is -2.39. The van der Waals surface area contributed by atoms with Gasteiger partial charge in [-0.05, 0) is 24.2 Å². The van der Waals surface area contributed by atoms with Crippen molar-refractivity contribution in [1.29, 1.82) is 0 Å². The summed E-state index contributed by atoms with van der Waals surface area (Å²) < 4.78 is 25.0. The maximum Gasteiger partial charge on any atom is 0.270 e. The zero-order valence-corrected chi connectivity index (χ0v) is 9.63. The molecule has 0 saturated heterocycles. The second kappa shape index (κ2) is 4.20. The fraction of sp³-hybridized carbons (Fsp3) is 0.833. The summed E-state index contributed by atoms with van der Waals surface area (Å²) in [7, 11) is 0. The highest BCUT2D eigenvalue weighted by Crippen LogP contribution is 2.40. The molecule has 0 bridgehead atoms. The van der Waals surface area contributed by atoms with Gasteiger partial charge in [-0.1, -0.05) is 39.3 Å². The van der Waals surface area contributed by atoms with E-state index in [0.29, 0.717) is 12.3 Å². The highest BCUT2D eigenvalue weighted by Gasteiger charge is 2.40. The van der Waals surface area contributed by atoms with E-state index in [1.165, 1.54) is 6.08 Å². The minimum absolute atomic E-state index is 0.125. The van der Waals surface area contributed by atoms with Crippen molar-refractivity contribution in [3.8, 4) is 0 Å². The Morgan fingerprint density at radius 3 is 2.47 bits per heavy atom. The van der Waals surface area contributed by atoms with Crippen molar-refractivity contribution in [1.82, 2.24) is 0 Å². The highest BCUT2D eigenvalue weighted by molar-refractivity contribution is 5.11. The Hall–Kier alpha value is -0.440. The zero-order chi connectivity index (χ0) is 11.7. The van der Waals surface area contributed by atoms with E-state index in [-0.39, 0.29) is 11.8 Å². The third-order valence-electron chi connectivity index (χ3n) is 3.77. The lowest BCUT2D eigenvalue weighted by atomic mass is 9.70. The number of rotatable bonds is 3. The van der Waals surface area contributed by atoms with E-state index in [4.69, 9.17) is 0 Å². The van der Waals surface area contributed by atoms with Crippen molar-refractivity contribution in [2.24, 2.45) is 11.3 Å². The molecule has 0 aliphatic heterocycles. The van der Waals surface area contributed by atoms with E-state index in [1.807, 2.05) is 0 Å². The fourth-order valence-electron chi connectivity index (χ4n) is 1.94. The van der Waals surface area contributed by atoms with E-state index in [2.05, 4.69) is 20.8 Å². The molecular weight excluding hydrogens is 198 g/mol. The van der Waals surface area contributed by atoms with Crippen molar-refractivity contribution in [2.45, 2.75) is 52.1 Å². The van der Waals surface area contributed by atoms with Crippen LogP contribution in [-0.2, 0) is 0 Å². The minimum atomic E-state index is -2.68. The van der Waals surface area contributed by atoms with Crippen molar-refractivity contribution in [3.05, 3.63) is 12.2 Å². The smallest absolute Gasteiger partial charge is 0.270 e. The van der Waals surface area contributed by atoms with E-state index in [9.17, 15) is 13.9 Å². The van der Waals surface area contributed by atoms with Gasteiger partial charge in [0.1, 0.15) is 5.60 Å². The van der Waals surface area contributed by atoms with Gasteiger partial charge in [-0.25, -0.2) is 8.78 Å². The van der Waals surface area contributed by atoms with Crippen LogP contribution in [0.1, 0.15) is 40.0 Å². The van der Waals surface area contributed by atoms with Crippen molar-refractivity contribution < 1.29 is 13.9 Å². The molecule has 0 fully saturated rings. The molecule has 15 heavy (non-hydrogen) atoms. The molecule has 0 radical (unpaired) electrons. The second-order valence-electron chi connectivity index (χ2n) is 5.14. The van der Waals surface area contributed by atoms with Crippen LogP contribution in [0, 0.1) is 11.3 Å². The van der Waals surface area contributed by atoms with Gasteiger partial charge in [0, 0.05) is 0 Å². The highest BCUT2D eigenvalue weighted by atomic mass is 19.3. The first-order chi connectivity index (χ1) is 6.82. The van der Waals surface area contributed by atoms with Crippen LogP contribution >= 0.6 is 0 Å². The fourth-order valence-corrected chi connectivity index (χ4v) is 1.94. The van der Waals surface area contributed by atoms with Gasteiger partial charge in [-0.15, -0.1) is 0 Å². The number of aliphatic hydroxyl groups is 1. The average Bonchev–Trinajstić information content (AvgIpc) is 2.18. The van der Waals surface area contributed by atoms with Gasteiger partial charge in [0.05, 0.1) is 0 Å². The zero-order valence-electron chi connectivity index (χ0n) is 9.63. The van der Waals surface area contributed by atoms with Crippen molar-refractivity contribution in [3.63, 3.8) is 0 Å². The summed E-state index contributed by atoms with van der Waals surface area (Å²) in [4.78, 5) is 0. The monoisotopic (exact) mass is 218 g/mol. The summed E-state index contributed by atoms with van der Waals surface area (Å²) in [6, 6.07) is 0. The topological polar surface area (TPSA) is 20.2 Å². The summed E-state index contributed by atoms with van der Waals surface area (Å²) in [6.45, 7) is 6.37. The van der Waals surface area contributed by atoms with Gasteiger partial charge in [0.15, 0.2) is 0 Å². The molecule has 0 amide bonds. The SMILES string of the molecule is CCC(C)(C)C1C=CC(O)(C(F)F)CC1. The molecule has 0 spiro atoms. The summed E-state index contributed by atoms with van der Waals surface area (Å²) in [6.07, 6.45) is 2.18. The Labute approximate surface area is 90.2 Å². The lowest BCUT2D eigenvalue weighted by Gasteiger charge is -2.37. The van der Waals surface area contributed by atoms with Crippen LogP contribution in [0.3, 0.4) is 0 Å². The Morgan fingerprint density at radius 2 is 2.13 bits per heavy atom. The van der Waals surface area contributed by atoms with Gasteiger partial charge in [0.25, 0.3) is 6.43 Å². The van der Waals surface area contributed by atoms with Crippen LogP contribution < -0.4 is 0 Å². The van der Waals surface area contributed by atoms with Gasteiger partial charge < -0.3 is 5.11 Å². The maximum atomic E-state index is 12.5. The number of allylic oxidation sites excluding steroid dienone is 1. The molecule has 3 heteroatoms. The van der Waals surface area contributed by atoms with Gasteiger partial charge >= 0.3 is 0 Å². The number of halogens is 2. The van der Waals surface area contributed by atoms with E-state index >= 15 is 0 Å². The average molecular weight is 218 g/mol. The molecule has 1 nitrogen and oxygen atoms in total. The Kier molecular flexibility index (Phi) is 3.54. The molecule has 0 heterocycles. The van der Waals surface area contributed by atoms with Gasteiger partial charge in [0.2, 0.25) is 0 Å². The molecule has 0 aromatic heterocycles. The quantitative estimate of drug-likeness (QED) is 0.720. The number of hydrogen-bond donors (Lipinski definition) is 1. The normalized spacial score (nSPS) is 32.3. The Balaban J connectivity index is 2.75. The van der Waals surface area contributed by atoms with Crippen LogP contribution in [0.25, 0.3) is 0 Å². The van der Waals surface area contributed by atoms with E-state index < -0.39 is 12.0 Å². The third kappa shape index (κ3) is 2.57. The first kappa shape index (κ1) is 12.6. The third-order valence-corrected chi connectivity index (χ3v) is 3.77. The van der Waals surface area contributed by atoms with Crippen LogP contribution in [0.4, 0.5) is 8.78 Å². The standard InChI is InChI=1S/C12H20F2O/c1-4-11(2,3)9-5-7-12(15,8-6-9)10(13)14/h5,7,9-10,15H,4,6,8H2,1-3H3. The molecule has 1 rings (SSSR count). The van der Waals surface area contributed by atoms with E-state index in [0.717, 1.165) is 6.42 Å². The Morgan fingerprint density at radius 1 is 1.53 bits per heavy atom. The molecule has 1 aliphatic rings. The first-order valence-electron chi connectivity index (χ1n) is 5.52. The van der Waals surface area contributed by atoms with E-state index in [1.54, 1.807) is 6.08 Å². The largest absolute Gasteiger partial charge is 0.380 e. The Bertz CT molecular complexity index is 248. The predicted octanol–water partition coefficient (Wildman–Crippen LogP) is 3.39. The summed E-state index contributed by atoms with van der Waals surface area (Å²) in [5.74, 6) is 0.293. The van der Waals surface area contributed by atoms with Crippen molar-refractivity contribution >= 4 is 0 Å². The summed E-state index contributed by atoms with van der Waals surface area (Å²) in [5, 5.41) is 9.57. The van der Waals surface area contributed by atoms with Crippen LogP contribution in [-0.4, -0.2) is 17.1 Å². The lowest BCUT2D eigenvalue weighted by molar-refractivity contribution is -0.0753. The predicted molar refractivity (Wildman–Crippen MR) is 56.9 cm³/mol. The first-order valence-corrected chi connectivity index (χ1v) is 5.52. The molecular formula is C12H20F2O.